The van der Waals surface area contributed by atoms with Crippen molar-refractivity contribution >= 4 is 12.3 Å². The van der Waals surface area contributed by atoms with Gasteiger partial charge in [0.2, 0.25) is 12.3 Å². The van der Waals surface area contributed by atoms with Gasteiger partial charge in [0, 0.05) is 18.9 Å². The van der Waals surface area contributed by atoms with E-state index in [4.69, 9.17) is 0 Å². The highest BCUT2D eigenvalue weighted by Crippen LogP contribution is 2.12. The van der Waals surface area contributed by atoms with Gasteiger partial charge in [0.1, 0.15) is 0 Å². The molecule has 0 fully saturated rings. The van der Waals surface area contributed by atoms with E-state index in [1.165, 1.54) is 0 Å². The zero-order valence-corrected chi connectivity index (χ0v) is 11.4. The summed E-state index contributed by atoms with van der Waals surface area (Å²) in [5.41, 5.74) is 1.39. The van der Waals surface area contributed by atoms with Crippen LogP contribution in [0.4, 0.5) is 0 Å². The van der Waals surface area contributed by atoms with Crippen LogP contribution in [0.5, 0.6) is 0 Å². The first-order valence-electron chi connectivity index (χ1n) is 6.57. The van der Waals surface area contributed by atoms with Crippen LogP contribution in [-0.4, -0.2) is 28.8 Å². The summed E-state index contributed by atoms with van der Waals surface area (Å²) in [6, 6.07) is 10.9. The van der Waals surface area contributed by atoms with Gasteiger partial charge in [0.05, 0.1) is 23.9 Å². The van der Waals surface area contributed by atoms with Crippen LogP contribution in [0.25, 0.3) is 0 Å². The number of hydrogen-bond acceptors (Lipinski definition) is 4. The second kappa shape index (κ2) is 7.74. The molecule has 108 valence electrons. The molecule has 2 amide bonds. The summed E-state index contributed by atoms with van der Waals surface area (Å²) < 4.78 is 0. The number of aromatic nitrogens is 2. The maximum Gasteiger partial charge on any atom is 0.231 e. The van der Waals surface area contributed by atoms with E-state index < -0.39 is 5.92 Å². The van der Waals surface area contributed by atoms with Gasteiger partial charge in [-0.2, -0.15) is 0 Å². The number of nitrogens with zero attached hydrogens (tertiary/aromatic N) is 2. The van der Waals surface area contributed by atoms with E-state index in [9.17, 15) is 9.59 Å². The number of rotatable bonds is 7. The second-order valence-corrected chi connectivity index (χ2v) is 4.37. The Balaban J connectivity index is 2.02. The summed E-state index contributed by atoms with van der Waals surface area (Å²) in [7, 11) is 0. The third-order valence-corrected chi connectivity index (χ3v) is 2.94. The molecule has 2 rings (SSSR count). The number of carbonyl (C=O) groups excluding carboxylic acids is 2. The topological polar surface area (TPSA) is 84.0 Å². The maximum absolute atomic E-state index is 12.3. The highest BCUT2D eigenvalue weighted by atomic mass is 16.2. The molecule has 2 aromatic heterocycles. The van der Waals surface area contributed by atoms with E-state index in [1.807, 2.05) is 24.3 Å². The molecule has 0 bridgehead atoms. The molecule has 0 saturated carbocycles. The van der Waals surface area contributed by atoms with E-state index in [0.29, 0.717) is 18.6 Å². The van der Waals surface area contributed by atoms with Crippen molar-refractivity contribution in [3.63, 3.8) is 0 Å². The average molecular weight is 284 g/mol. The van der Waals surface area contributed by atoms with Crippen molar-refractivity contribution in [3.05, 3.63) is 60.2 Å². The van der Waals surface area contributed by atoms with Crippen molar-refractivity contribution < 1.29 is 9.59 Å². The van der Waals surface area contributed by atoms with Gasteiger partial charge < -0.3 is 10.6 Å². The summed E-state index contributed by atoms with van der Waals surface area (Å²) in [5, 5.41) is 5.34. The first kappa shape index (κ1) is 14.6. The number of amides is 2. The van der Waals surface area contributed by atoms with E-state index >= 15 is 0 Å². The molecule has 1 unspecified atom stereocenters. The minimum absolute atomic E-state index is 0.200. The van der Waals surface area contributed by atoms with E-state index in [1.54, 1.807) is 24.5 Å². The largest absolute Gasteiger partial charge is 0.357 e. The van der Waals surface area contributed by atoms with Gasteiger partial charge in [-0.25, -0.2) is 0 Å². The zero-order chi connectivity index (χ0) is 14.9. The van der Waals surface area contributed by atoms with E-state index in [-0.39, 0.29) is 12.5 Å². The standard InChI is InChI=1S/C15H16N4O2/c20-11-16-10-13(14-6-2-4-8-18-14)15(21)19-9-12-5-1-3-7-17-12/h1-8,11,13H,9-10H2,(H,16,20)(H,19,21). The van der Waals surface area contributed by atoms with Gasteiger partial charge in [0.25, 0.3) is 0 Å². The predicted octanol–water partition coefficient (Wildman–Crippen LogP) is 0.623. The van der Waals surface area contributed by atoms with Gasteiger partial charge in [0.15, 0.2) is 0 Å². The molecule has 0 aliphatic rings. The molecule has 0 aromatic carbocycles. The first-order chi connectivity index (χ1) is 10.3. The van der Waals surface area contributed by atoms with Crippen molar-refractivity contribution in [2.24, 2.45) is 0 Å². The molecular weight excluding hydrogens is 268 g/mol. The van der Waals surface area contributed by atoms with Crippen molar-refractivity contribution in [2.75, 3.05) is 6.54 Å². The quantitative estimate of drug-likeness (QED) is 0.730. The second-order valence-electron chi connectivity index (χ2n) is 4.37. The average Bonchev–Trinajstić information content (AvgIpc) is 2.55. The Morgan fingerprint density at radius 2 is 1.90 bits per heavy atom. The van der Waals surface area contributed by atoms with Crippen LogP contribution in [0.2, 0.25) is 0 Å². The molecule has 0 radical (unpaired) electrons. The van der Waals surface area contributed by atoms with Crippen LogP contribution >= 0.6 is 0 Å². The molecule has 6 heteroatoms. The van der Waals surface area contributed by atoms with Gasteiger partial charge in [-0.3, -0.25) is 19.6 Å². The monoisotopic (exact) mass is 284 g/mol. The van der Waals surface area contributed by atoms with Crippen LogP contribution in [0.3, 0.4) is 0 Å². The van der Waals surface area contributed by atoms with Crippen LogP contribution in [0, 0.1) is 0 Å². The third-order valence-electron chi connectivity index (χ3n) is 2.94. The van der Waals surface area contributed by atoms with Crippen molar-refractivity contribution in [1.29, 1.82) is 0 Å². The Morgan fingerprint density at radius 3 is 2.52 bits per heavy atom. The Morgan fingerprint density at radius 1 is 1.14 bits per heavy atom. The number of hydrogen-bond donors (Lipinski definition) is 2. The Kier molecular flexibility index (Phi) is 5.40. The lowest BCUT2D eigenvalue weighted by atomic mass is 10.0. The molecule has 1 atom stereocenters. The van der Waals surface area contributed by atoms with Crippen LogP contribution in [0.1, 0.15) is 17.3 Å². The lowest BCUT2D eigenvalue weighted by molar-refractivity contribution is -0.122. The summed E-state index contributed by atoms with van der Waals surface area (Å²) in [4.78, 5) is 31.1. The number of pyridine rings is 2. The van der Waals surface area contributed by atoms with Crippen LogP contribution in [-0.2, 0) is 16.1 Å². The van der Waals surface area contributed by atoms with E-state index in [0.717, 1.165) is 5.69 Å². The van der Waals surface area contributed by atoms with Gasteiger partial charge in [-0.05, 0) is 24.3 Å². The zero-order valence-electron chi connectivity index (χ0n) is 11.4. The summed E-state index contributed by atoms with van der Waals surface area (Å²) in [5.74, 6) is -0.728. The van der Waals surface area contributed by atoms with Gasteiger partial charge >= 0.3 is 0 Å². The molecule has 0 spiro atoms. The summed E-state index contributed by atoms with van der Waals surface area (Å²) in [6.45, 7) is 0.540. The molecule has 2 N–H and O–H groups in total. The SMILES string of the molecule is O=CNCC(C(=O)NCc1ccccn1)c1ccccn1. The maximum atomic E-state index is 12.3. The fraction of sp³-hybridized carbons (Fsp3) is 0.200. The van der Waals surface area contributed by atoms with Crippen molar-refractivity contribution in [2.45, 2.75) is 12.5 Å². The lowest BCUT2D eigenvalue weighted by Crippen LogP contribution is -2.35. The molecule has 0 aliphatic carbocycles. The lowest BCUT2D eigenvalue weighted by Gasteiger charge is -2.15. The summed E-state index contributed by atoms with van der Waals surface area (Å²) >= 11 is 0. The Hall–Kier alpha value is -2.76. The molecule has 21 heavy (non-hydrogen) atoms. The number of carbonyl (C=O) groups is 2. The molecule has 2 aromatic rings. The molecule has 2 heterocycles. The smallest absolute Gasteiger partial charge is 0.231 e. The third kappa shape index (κ3) is 4.38. The Bertz CT molecular complexity index is 575. The molecule has 0 aliphatic heterocycles. The molecule has 6 nitrogen and oxygen atoms in total. The highest BCUT2D eigenvalue weighted by molar-refractivity contribution is 5.83. The van der Waals surface area contributed by atoms with E-state index in [2.05, 4.69) is 20.6 Å². The molecular formula is C15H16N4O2. The van der Waals surface area contributed by atoms with Crippen molar-refractivity contribution in [1.82, 2.24) is 20.6 Å². The minimum Gasteiger partial charge on any atom is -0.357 e. The fourth-order valence-corrected chi connectivity index (χ4v) is 1.88. The summed E-state index contributed by atoms with van der Waals surface area (Å²) in [6.07, 6.45) is 3.86. The van der Waals surface area contributed by atoms with Crippen LogP contribution < -0.4 is 10.6 Å². The van der Waals surface area contributed by atoms with Gasteiger partial charge in [-0.1, -0.05) is 12.1 Å². The van der Waals surface area contributed by atoms with Gasteiger partial charge in [-0.15, -0.1) is 0 Å². The first-order valence-corrected chi connectivity index (χ1v) is 6.57. The normalized spacial score (nSPS) is 11.4. The van der Waals surface area contributed by atoms with Crippen LogP contribution in [0.15, 0.2) is 48.8 Å². The molecule has 0 saturated heterocycles. The Labute approximate surface area is 122 Å². The minimum atomic E-state index is -0.528. The highest BCUT2D eigenvalue weighted by Gasteiger charge is 2.21. The number of nitrogens with one attached hydrogen (secondary N) is 2. The fourth-order valence-electron chi connectivity index (χ4n) is 1.88. The predicted molar refractivity (Wildman–Crippen MR) is 77.1 cm³/mol. The van der Waals surface area contributed by atoms with Crippen molar-refractivity contribution in [3.8, 4) is 0 Å².